The Kier molecular flexibility index (Phi) is 12.3. The van der Waals surface area contributed by atoms with Gasteiger partial charge in [0.05, 0.1) is 42.8 Å². The average Bonchev–Trinajstić information content (AvgIpc) is 3.82. The van der Waals surface area contributed by atoms with Crippen LogP contribution in [-0.2, 0) is 35.4 Å². The summed E-state index contributed by atoms with van der Waals surface area (Å²) in [6.07, 6.45) is -1.54. The van der Waals surface area contributed by atoms with Gasteiger partial charge in [-0.15, -0.1) is 0 Å². The van der Waals surface area contributed by atoms with Gasteiger partial charge in [0.25, 0.3) is 0 Å². The van der Waals surface area contributed by atoms with E-state index >= 15 is 0 Å². The van der Waals surface area contributed by atoms with Crippen LogP contribution in [0, 0.1) is 11.3 Å². The summed E-state index contributed by atoms with van der Waals surface area (Å²) in [7, 11) is -4.22. The monoisotopic (exact) mass is 705 g/mol. The van der Waals surface area contributed by atoms with E-state index in [-0.39, 0.29) is 50.3 Å². The van der Waals surface area contributed by atoms with Gasteiger partial charge in [0, 0.05) is 25.7 Å². The second-order valence-corrected chi connectivity index (χ2v) is 15.2. The van der Waals surface area contributed by atoms with Crippen LogP contribution in [0.2, 0.25) is 0 Å². The molecule has 15 heteroatoms. The molecular formula is C34H47N3O11S. The Hall–Kier alpha value is -3.63. The highest BCUT2D eigenvalue weighted by atomic mass is 32.2. The molecule has 0 radical (unpaired) electrons. The van der Waals surface area contributed by atoms with Gasteiger partial charge in [0.2, 0.25) is 16.8 Å². The number of hydrogen-bond acceptors (Lipinski definition) is 11. The van der Waals surface area contributed by atoms with E-state index < -0.39 is 52.2 Å². The summed E-state index contributed by atoms with van der Waals surface area (Å²) < 4.78 is 62.7. The standard InChI is InChI=1S/C34H47N3O11S/c1-4-14-35-32(39)44-16-13-34(2,3)21-37(49(41,42)24-10-11-28-29(18-24)47-22-46-28)19-27(38)26(17-23-8-6-5-7-9-23)36-33(40)48-30-20-45-31-25(30)12-15-43-31/h5-11,18,25-27,30-31,38H,4,12-17,19-22H2,1-3H3,(H,35,39)(H,36,40)/t25-,26-,27+,30-,31+/m0/s1. The van der Waals surface area contributed by atoms with Crippen LogP contribution in [0.5, 0.6) is 11.5 Å². The summed E-state index contributed by atoms with van der Waals surface area (Å²) in [5.41, 5.74) is 0.127. The van der Waals surface area contributed by atoms with Crippen LogP contribution >= 0.6 is 0 Å². The molecule has 49 heavy (non-hydrogen) atoms. The number of aliphatic hydroxyl groups excluding tert-OH is 1. The van der Waals surface area contributed by atoms with Crippen molar-refractivity contribution in [1.29, 1.82) is 0 Å². The molecule has 0 saturated carbocycles. The summed E-state index contributed by atoms with van der Waals surface area (Å²) in [4.78, 5) is 25.2. The van der Waals surface area contributed by atoms with E-state index in [9.17, 15) is 23.1 Å². The van der Waals surface area contributed by atoms with E-state index in [4.69, 9.17) is 28.4 Å². The Morgan fingerprint density at radius 1 is 1.08 bits per heavy atom. The molecule has 3 aliphatic heterocycles. The predicted octanol–water partition coefficient (Wildman–Crippen LogP) is 3.42. The number of sulfonamides is 1. The van der Waals surface area contributed by atoms with Crippen molar-refractivity contribution in [3.05, 3.63) is 54.1 Å². The van der Waals surface area contributed by atoms with Gasteiger partial charge in [-0.1, -0.05) is 51.1 Å². The topological polar surface area (TPSA) is 171 Å². The van der Waals surface area contributed by atoms with Gasteiger partial charge in [-0.25, -0.2) is 18.0 Å². The fraction of sp³-hybridized carbons (Fsp3) is 0.588. The van der Waals surface area contributed by atoms with Crippen LogP contribution in [0.4, 0.5) is 9.59 Å². The molecule has 0 spiro atoms. The number of fused-ring (bicyclic) bond motifs is 2. The number of nitrogens with one attached hydrogen (secondary N) is 2. The second kappa shape index (κ2) is 16.4. The minimum atomic E-state index is -4.22. The van der Waals surface area contributed by atoms with Crippen molar-refractivity contribution in [2.24, 2.45) is 11.3 Å². The molecule has 2 saturated heterocycles. The third-order valence-electron chi connectivity index (χ3n) is 8.82. The van der Waals surface area contributed by atoms with Crippen molar-refractivity contribution in [2.75, 3.05) is 46.2 Å². The number of nitrogens with zero attached hydrogens (tertiary/aromatic N) is 1. The quantitative estimate of drug-likeness (QED) is 0.234. The summed E-state index contributed by atoms with van der Waals surface area (Å²) >= 11 is 0. The predicted molar refractivity (Wildman–Crippen MR) is 177 cm³/mol. The van der Waals surface area contributed by atoms with Crippen molar-refractivity contribution in [2.45, 2.75) is 75.9 Å². The molecule has 2 aromatic carbocycles. The normalized spacial score (nSPS) is 21.2. The lowest BCUT2D eigenvalue weighted by Gasteiger charge is -2.35. The fourth-order valence-electron chi connectivity index (χ4n) is 6.05. The summed E-state index contributed by atoms with van der Waals surface area (Å²) in [6.45, 7) is 6.49. The Morgan fingerprint density at radius 3 is 2.63 bits per heavy atom. The van der Waals surface area contributed by atoms with Crippen molar-refractivity contribution in [3.8, 4) is 11.5 Å². The second-order valence-electron chi connectivity index (χ2n) is 13.3. The number of rotatable bonds is 16. The number of carbonyl (C=O) groups excluding carboxylic acids is 2. The van der Waals surface area contributed by atoms with Crippen molar-refractivity contribution < 1.29 is 51.5 Å². The minimum absolute atomic E-state index is 0.0233. The van der Waals surface area contributed by atoms with E-state index in [1.807, 2.05) is 51.1 Å². The highest BCUT2D eigenvalue weighted by molar-refractivity contribution is 7.89. The SMILES string of the molecule is CCCNC(=O)OCCC(C)(C)CN(C[C@@H](O)[C@H](Cc1ccccc1)NC(=O)O[C@H]1CO[C@H]2OCC[C@H]21)S(=O)(=O)c1ccc2c(c1)OCO2. The first-order valence-electron chi connectivity index (χ1n) is 16.7. The van der Waals surface area contributed by atoms with Gasteiger partial charge in [0.1, 0.15) is 6.10 Å². The zero-order valence-electron chi connectivity index (χ0n) is 28.2. The highest BCUT2D eigenvalue weighted by Gasteiger charge is 2.44. The number of carbonyl (C=O) groups is 2. The molecule has 0 bridgehead atoms. The van der Waals surface area contributed by atoms with Gasteiger partial charge in [-0.05, 0) is 48.8 Å². The molecule has 270 valence electrons. The highest BCUT2D eigenvalue weighted by Crippen LogP contribution is 2.36. The van der Waals surface area contributed by atoms with Crippen LogP contribution in [0.3, 0.4) is 0 Å². The van der Waals surface area contributed by atoms with Crippen LogP contribution in [0.1, 0.15) is 45.6 Å². The molecule has 3 heterocycles. The van der Waals surface area contributed by atoms with Gasteiger partial charge < -0.3 is 44.2 Å². The van der Waals surface area contributed by atoms with Crippen LogP contribution < -0.4 is 20.1 Å². The third-order valence-corrected chi connectivity index (χ3v) is 10.6. The van der Waals surface area contributed by atoms with Gasteiger partial charge in [0.15, 0.2) is 17.8 Å². The van der Waals surface area contributed by atoms with Crippen molar-refractivity contribution >= 4 is 22.2 Å². The Balaban J connectivity index is 1.35. The number of benzene rings is 2. The van der Waals surface area contributed by atoms with Gasteiger partial charge in [-0.3, -0.25) is 0 Å². The third kappa shape index (κ3) is 9.75. The Bertz CT molecular complexity index is 1520. The lowest BCUT2D eigenvalue weighted by molar-refractivity contribution is -0.0907. The van der Waals surface area contributed by atoms with E-state index in [1.165, 1.54) is 22.5 Å². The van der Waals surface area contributed by atoms with E-state index in [1.54, 1.807) is 0 Å². The molecule has 3 N–H and O–H groups in total. The smallest absolute Gasteiger partial charge is 0.407 e. The van der Waals surface area contributed by atoms with Crippen molar-refractivity contribution in [1.82, 2.24) is 14.9 Å². The summed E-state index contributed by atoms with van der Waals surface area (Å²) in [6, 6.07) is 12.7. The Labute approximate surface area is 287 Å². The van der Waals surface area contributed by atoms with E-state index in [0.29, 0.717) is 37.5 Å². The Morgan fingerprint density at radius 2 is 1.86 bits per heavy atom. The molecule has 3 aliphatic rings. The minimum Gasteiger partial charge on any atom is -0.454 e. The molecule has 0 aliphatic carbocycles. The fourth-order valence-corrected chi connectivity index (χ4v) is 7.71. The molecule has 2 aromatic rings. The first kappa shape index (κ1) is 36.6. The number of alkyl carbamates (subject to hydrolysis) is 2. The molecule has 5 rings (SSSR count). The molecular weight excluding hydrogens is 658 g/mol. The average molecular weight is 706 g/mol. The number of ether oxygens (including phenoxy) is 6. The molecule has 0 unspecified atom stereocenters. The maximum absolute atomic E-state index is 14.3. The van der Waals surface area contributed by atoms with E-state index in [0.717, 1.165) is 12.0 Å². The summed E-state index contributed by atoms with van der Waals surface area (Å²) in [5, 5.41) is 17.2. The molecule has 2 fully saturated rings. The zero-order valence-corrected chi connectivity index (χ0v) is 29.0. The van der Waals surface area contributed by atoms with Crippen LogP contribution in [-0.4, -0.2) is 101 Å². The lowest BCUT2D eigenvalue weighted by Crippen LogP contribution is -2.52. The molecule has 0 aromatic heterocycles. The maximum Gasteiger partial charge on any atom is 0.407 e. The maximum atomic E-state index is 14.3. The molecule has 2 amide bonds. The van der Waals surface area contributed by atoms with E-state index in [2.05, 4.69) is 10.6 Å². The van der Waals surface area contributed by atoms with Gasteiger partial charge >= 0.3 is 12.2 Å². The lowest BCUT2D eigenvalue weighted by atomic mass is 9.89. The number of amides is 2. The largest absolute Gasteiger partial charge is 0.454 e. The number of hydrogen-bond donors (Lipinski definition) is 3. The first-order chi connectivity index (χ1) is 23.4. The van der Waals surface area contributed by atoms with Crippen molar-refractivity contribution in [3.63, 3.8) is 0 Å². The van der Waals surface area contributed by atoms with Crippen LogP contribution in [0.25, 0.3) is 0 Å². The van der Waals surface area contributed by atoms with Gasteiger partial charge in [-0.2, -0.15) is 4.31 Å². The first-order valence-corrected chi connectivity index (χ1v) is 18.1. The summed E-state index contributed by atoms with van der Waals surface area (Å²) in [5.74, 6) is 0.650. The zero-order chi connectivity index (χ0) is 35.0. The molecule has 14 nitrogen and oxygen atoms in total. The van der Waals surface area contributed by atoms with Crippen LogP contribution in [0.15, 0.2) is 53.4 Å². The molecule has 5 atom stereocenters. The number of aliphatic hydroxyl groups is 1.